The third-order valence-electron chi connectivity index (χ3n) is 4.70. The Bertz CT molecular complexity index is 905. The lowest BCUT2D eigenvalue weighted by Gasteiger charge is -2.23. The number of carbonyl (C=O) groups is 1. The molecule has 1 unspecified atom stereocenters. The van der Waals surface area contributed by atoms with Crippen LogP contribution in [0.5, 0.6) is 11.5 Å². The Balaban J connectivity index is 1.49. The van der Waals surface area contributed by atoms with Crippen molar-refractivity contribution >= 4 is 11.6 Å². The molecule has 1 aliphatic rings. The average molecular weight is 374 g/mol. The summed E-state index contributed by atoms with van der Waals surface area (Å²) >= 11 is 0. The first kappa shape index (κ1) is 17.9. The minimum absolute atomic E-state index is 0.0876. The Morgan fingerprint density at radius 3 is 2.11 bits per heavy atom. The third kappa shape index (κ3) is 3.93. The molecule has 0 radical (unpaired) electrons. The number of hydrogen-bond donors (Lipinski definition) is 2. The monoisotopic (exact) mass is 374 g/mol. The van der Waals surface area contributed by atoms with Crippen molar-refractivity contribution in [1.82, 2.24) is 5.32 Å². The van der Waals surface area contributed by atoms with E-state index in [9.17, 15) is 4.79 Å². The van der Waals surface area contributed by atoms with Gasteiger partial charge in [0, 0.05) is 11.8 Å². The third-order valence-corrected chi connectivity index (χ3v) is 4.70. The number of rotatable bonds is 6. The molecule has 0 aliphatic carbocycles. The Hall–Kier alpha value is -3.47. The van der Waals surface area contributed by atoms with E-state index in [-0.39, 0.29) is 18.7 Å². The van der Waals surface area contributed by atoms with Gasteiger partial charge in [-0.1, -0.05) is 60.7 Å². The van der Waals surface area contributed by atoms with Gasteiger partial charge in [-0.3, -0.25) is 4.79 Å². The Labute approximate surface area is 164 Å². The van der Waals surface area contributed by atoms with E-state index < -0.39 is 6.04 Å². The molecule has 4 rings (SSSR count). The first-order chi connectivity index (χ1) is 13.7. The molecule has 0 bridgehead atoms. The minimum atomic E-state index is -0.421. The van der Waals surface area contributed by atoms with Crippen LogP contribution in [0.3, 0.4) is 0 Å². The first-order valence-corrected chi connectivity index (χ1v) is 9.27. The smallest absolute Gasteiger partial charge is 0.242 e. The fourth-order valence-corrected chi connectivity index (χ4v) is 3.22. The number of ether oxygens (including phenoxy) is 2. The largest absolute Gasteiger partial charge is 0.454 e. The zero-order valence-electron chi connectivity index (χ0n) is 15.6. The van der Waals surface area contributed by atoms with Gasteiger partial charge in [-0.25, -0.2) is 0 Å². The highest BCUT2D eigenvalue weighted by Crippen LogP contribution is 2.34. The van der Waals surface area contributed by atoms with E-state index in [1.165, 1.54) is 0 Å². The Morgan fingerprint density at radius 2 is 1.46 bits per heavy atom. The second-order valence-corrected chi connectivity index (χ2v) is 6.70. The van der Waals surface area contributed by atoms with Crippen LogP contribution in [0.15, 0.2) is 78.9 Å². The zero-order chi connectivity index (χ0) is 19.3. The second kappa shape index (κ2) is 8.05. The highest BCUT2D eigenvalue weighted by atomic mass is 16.7. The molecule has 1 amide bonds. The molecular weight excluding hydrogens is 352 g/mol. The van der Waals surface area contributed by atoms with Crippen molar-refractivity contribution in [2.24, 2.45) is 0 Å². The predicted molar refractivity (Wildman–Crippen MR) is 109 cm³/mol. The van der Waals surface area contributed by atoms with Gasteiger partial charge in [0.05, 0.1) is 6.04 Å². The van der Waals surface area contributed by atoms with Crippen molar-refractivity contribution in [3.63, 3.8) is 0 Å². The summed E-state index contributed by atoms with van der Waals surface area (Å²) < 4.78 is 10.7. The van der Waals surface area contributed by atoms with Crippen LogP contribution in [0, 0.1) is 0 Å². The molecule has 0 aromatic heterocycles. The standard InChI is InChI=1S/C23H22N2O3/c1-16(24-19-12-13-20-21(14-19)28-15-27-20)23(26)25-22(17-8-4-2-5-9-17)18-10-6-3-7-11-18/h2-14,16,22,24H,15H2,1H3,(H,25,26). The van der Waals surface area contributed by atoms with E-state index in [1.807, 2.05) is 85.8 Å². The van der Waals surface area contributed by atoms with Gasteiger partial charge >= 0.3 is 0 Å². The van der Waals surface area contributed by atoms with Crippen LogP contribution in [0.25, 0.3) is 0 Å². The van der Waals surface area contributed by atoms with Crippen molar-refractivity contribution in [3.05, 3.63) is 90.0 Å². The van der Waals surface area contributed by atoms with Gasteiger partial charge in [0.25, 0.3) is 0 Å². The lowest BCUT2D eigenvalue weighted by Crippen LogP contribution is -2.40. The molecule has 5 heteroatoms. The predicted octanol–water partition coefficient (Wildman–Crippen LogP) is 4.12. The summed E-state index contributed by atoms with van der Waals surface area (Å²) in [4.78, 5) is 12.9. The second-order valence-electron chi connectivity index (χ2n) is 6.70. The maximum absolute atomic E-state index is 12.9. The number of nitrogens with one attached hydrogen (secondary N) is 2. The normalized spacial score (nSPS) is 13.2. The molecule has 3 aromatic carbocycles. The summed E-state index contributed by atoms with van der Waals surface area (Å²) in [7, 11) is 0. The van der Waals surface area contributed by atoms with Gasteiger partial charge < -0.3 is 20.1 Å². The summed E-state index contributed by atoms with van der Waals surface area (Å²) in [5.74, 6) is 1.32. The van der Waals surface area contributed by atoms with Crippen LogP contribution in [-0.2, 0) is 4.79 Å². The van der Waals surface area contributed by atoms with Gasteiger partial charge in [0.2, 0.25) is 12.7 Å². The Morgan fingerprint density at radius 1 is 0.857 bits per heavy atom. The Kier molecular flexibility index (Phi) is 5.15. The van der Waals surface area contributed by atoms with Crippen LogP contribution in [-0.4, -0.2) is 18.7 Å². The van der Waals surface area contributed by atoms with Gasteiger partial charge in [0.15, 0.2) is 11.5 Å². The van der Waals surface area contributed by atoms with Crippen LogP contribution in [0.2, 0.25) is 0 Å². The molecule has 1 atom stereocenters. The van der Waals surface area contributed by atoms with E-state index in [2.05, 4.69) is 10.6 Å². The maximum atomic E-state index is 12.9. The SMILES string of the molecule is CC(Nc1ccc2c(c1)OCO2)C(=O)NC(c1ccccc1)c1ccccc1. The number of benzene rings is 3. The molecule has 0 spiro atoms. The van der Waals surface area contributed by atoms with E-state index in [0.29, 0.717) is 5.75 Å². The summed E-state index contributed by atoms with van der Waals surface area (Å²) in [5.41, 5.74) is 2.89. The molecule has 1 aliphatic heterocycles. The molecule has 142 valence electrons. The van der Waals surface area contributed by atoms with E-state index >= 15 is 0 Å². The quantitative estimate of drug-likeness (QED) is 0.681. The topological polar surface area (TPSA) is 59.6 Å². The molecule has 5 nitrogen and oxygen atoms in total. The minimum Gasteiger partial charge on any atom is -0.454 e. The lowest BCUT2D eigenvalue weighted by molar-refractivity contribution is -0.122. The number of carbonyl (C=O) groups excluding carboxylic acids is 1. The van der Waals surface area contributed by atoms with Gasteiger partial charge in [-0.15, -0.1) is 0 Å². The van der Waals surface area contributed by atoms with E-state index in [1.54, 1.807) is 0 Å². The van der Waals surface area contributed by atoms with Crippen molar-refractivity contribution < 1.29 is 14.3 Å². The number of fused-ring (bicyclic) bond motifs is 1. The molecule has 2 N–H and O–H groups in total. The lowest BCUT2D eigenvalue weighted by atomic mass is 9.98. The number of anilines is 1. The van der Waals surface area contributed by atoms with E-state index in [4.69, 9.17) is 9.47 Å². The van der Waals surface area contributed by atoms with E-state index in [0.717, 1.165) is 22.6 Å². The molecule has 1 heterocycles. The molecule has 0 fully saturated rings. The van der Waals surface area contributed by atoms with Crippen molar-refractivity contribution in [2.45, 2.75) is 19.0 Å². The molecule has 0 saturated carbocycles. The highest BCUT2D eigenvalue weighted by Gasteiger charge is 2.21. The number of hydrogen-bond acceptors (Lipinski definition) is 4. The van der Waals surface area contributed by atoms with Gasteiger partial charge in [-0.05, 0) is 30.2 Å². The molecule has 28 heavy (non-hydrogen) atoms. The average Bonchev–Trinajstić information content (AvgIpc) is 3.21. The molecule has 0 saturated heterocycles. The van der Waals surface area contributed by atoms with Crippen LogP contribution >= 0.6 is 0 Å². The highest BCUT2D eigenvalue weighted by molar-refractivity contribution is 5.85. The number of amides is 1. The molecule has 3 aromatic rings. The van der Waals surface area contributed by atoms with Crippen LogP contribution in [0.1, 0.15) is 24.1 Å². The fourth-order valence-electron chi connectivity index (χ4n) is 3.22. The van der Waals surface area contributed by atoms with Crippen molar-refractivity contribution in [3.8, 4) is 11.5 Å². The summed E-state index contributed by atoms with van der Waals surface area (Å²) in [6, 6.07) is 24.9. The fraction of sp³-hybridized carbons (Fsp3) is 0.174. The summed E-state index contributed by atoms with van der Waals surface area (Å²) in [6.45, 7) is 2.07. The first-order valence-electron chi connectivity index (χ1n) is 9.27. The van der Waals surface area contributed by atoms with Crippen molar-refractivity contribution in [2.75, 3.05) is 12.1 Å². The van der Waals surface area contributed by atoms with Crippen LogP contribution in [0.4, 0.5) is 5.69 Å². The van der Waals surface area contributed by atoms with Crippen molar-refractivity contribution in [1.29, 1.82) is 0 Å². The summed E-state index contributed by atoms with van der Waals surface area (Å²) in [6.07, 6.45) is 0. The maximum Gasteiger partial charge on any atom is 0.242 e. The zero-order valence-corrected chi connectivity index (χ0v) is 15.6. The molecular formula is C23H22N2O3. The van der Waals surface area contributed by atoms with Gasteiger partial charge in [-0.2, -0.15) is 0 Å². The van der Waals surface area contributed by atoms with Crippen LogP contribution < -0.4 is 20.1 Å². The summed E-state index contributed by atoms with van der Waals surface area (Å²) in [5, 5.41) is 6.40. The van der Waals surface area contributed by atoms with Gasteiger partial charge in [0.1, 0.15) is 6.04 Å².